The molecule has 0 amide bonds. The minimum atomic E-state index is 1.01. The number of fused-ring (bicyclic) bond motifs is 13. The fourth-order valence-corrected chi connectivity index (χ4v) is 6.00. The highest BCUT2D eigenvalue weighted by Gasteiger charge is 2.16. The van der Waals surface area contributed by atoms with E-state index in [4.69, 9.17) is 0 Å². The van der Waals surface area contributed by atoms with Gasteiger partial charge in [0.2, 0.25) is 0 Å². The number of para-hydroxylation sites is 1. The monoisotopic (exact) mass is 499 g/mol. The van der Waals surface area contributed by atoms with E-state index in [1.54, 1.807) is 0 Å². The van der Waals surface area contributed by atoms with Crippen LogP contribution in [0.2, 0.25) is 0 Å². The zero-order valence-corrected chi connectivity index (χ0v) is 22.3. The number of aromatic nitrogens is 1. The van der Waals surface area contributed by atoms with E-state index in [0.29, 0.717) is 0 Å². The molecule has 5 aromatic carbocycles. The molecule has 0 unspecified atom stereocenters. The maximum Gasteiger partial charge on any atom is 0.0547 e. The van der Waals surface area contributed by atoms with E-state index in [2.05, 4.69) is 152 Å². The number of hydrogen-bond acceptors (Lipinski definition) is 0. The second kappa shape index (κ2) is 9.15. The Morgan fingerprint density at radius 3 is 2.00 bits per heavy atom. The molecule has 0 saturated heterocycles. The summed E-state index contributed by atoms with van der Waals surface area (Å²) in [4.78, 5) is 0. The van der Waals surface area contributed by atoms with E-state index in [-0.39, 0.29) is 0 Å². The van der Waals surface area contributed by atoms with Crippen molar-refractivity contribution in [1.29, 1.82) is 0 Å². The minimum Gasteiger partial charge on any atom is -0.309 e. The lowest BCUT2D eigenvalue weighted by Crippen LogP contribution is -1.96. The van der Waals surface area contributed by atoms with E-state index in [1.165, 1.54) is 55.2 Å². The van der Waals surface area contributed by atoms with Crippen LogP contribution in [-0.2, 0) is 0 Å². The lowest BCUT2D eigenvalue weighted by Gasteiger charge is -2.14. The average molecular weight is 500 g/mol. The van der Waals surface area contributed by atoms with Crippen LogP contribution in [0.1, 0.15) is 23.6 Å². The molecule has 0 atom stereocenters. The van der Waals surface area contributed by atoms with Gasteiger partial charge in [-0.25, -0.2) is 0 Å². The summed E-state index contributed by atoms with van der Waals surface area (Å²) in [6.07, 6.45) is 6.51. The van der Waals surface area contributed by atoms with Crippen molar-refractivity contribution in [2.24, 2.45) is 0 Å². The molecule has 7 rings (SSSR count). The largest absolute Gasteiger partial charge is 0.309 e. The van der Waals surface area contributed by atoms with Gasteiger partial charge in [0.05, 0.1) is 11.0 Å². The Kier molecular flexibility index (Phi) is 5.45. The predicted octanol–water partition coefficient (Wildman–Crippen LogP) is 10.4. The van der Waals surface area contributed by atoms with Gasteiger partial charge in [-0.3, -0.25) is 0 Å². The number of rotatable bonds is 1. The van der Waals surface area contributed by atoms with Crippen LogP contribution in [0.5, 0.6) is 0 Å². The minimum absolute atomic E-state index is 1.01. The van der Waals surface area contributed by atoms with E-state index >= 15 is 0 Å². The zero-order valence-electron chi connectivity index (χ0n) is 22.3. The molecule has 2 heterocycles. The second-order valence-corrected chi connectivity index (χ2v) is 10.4. The molecule has 1 aliphatic heterocycles. The molecule has 6 aromatic rings. The summed E-state index contributed by atoms with van der Waals surface area (Å²) in [7, 11) is 0. The quantitative estimate of drug-likeness (QED) is 0.212. The van der Waals surface area contributed by atoms with Gasteiger partial charge in [0, 0.05) is 16.5 Å². The molecule has 186 valence electrons. The van der Waals surface area contributed by atoms with Crippen molar-refractivity contribution >= 4 is 33.0 Å². The SMILES string of the molecule is C=C1/C=C(\C=C/C)c2cccc(c2)-c2cccc(c2)-c2cccc(c2)-n2c3ccccc3c3cc(C)c1cc32. The third kappa shape index (κ3) is 3.86. The highest BCUT2D eigenvalue weighted by molar-refractivity contribution is 6.10. The fraction of sp³-hybridized carbons (Fsp3) is 0.0526. The van der Waals surface area contributed by atoms with Crippen molar-refractivity contribution in [3.05, 3.63) is 151 Å². The van der Waals surface area contributed by atoms with Gasteiger partial charge in [-0.2, -0.15) is 0 Å². The lowest BCUT2D eigenvalue weighted by atomic mass is 9.93. The Morgan fingerprint density at radius 2 is 1.26 bits per heavy atom. The molecular weight excluding hydrogens is 470 g/mol. The summed E-state index contributed by atoms with van der Waals surface area (Å²) >= 11 is 0. The molecule has 1 aliphatic rings. The Bertz CT molecular complexity index is 1990. The molecule has 8 bridgehead atoms. The molecule has 0 spiro atoms. The molecule has 1 heteroatoms. The van der Waals surface area contributed by atoms with Gasteiger partial charge in [-0.15, -0.1) is 0 Å². The van der Waals surface area contributed by atoms with Gasteiger partial charge >= 0.3 is 0 Å². The van der Waals surface area contributed by atoms with Crippen LogP contribution in [0, 0.1) is 6.92 Å². The van der Waals surface area contributed by atoms with Crippen molar-refractivity contribution < 1.29 is 0 Å². The number of aryl methyl sites for hydroxylation is 1. The Morgan fingerprint density at radius 1 is 0.615 bits per heavy atom. The van der Waals surface area contributed by atoms with Crippen molar-refractivity contribution in [3.63, 3.8) is 0 Å². The summed E-state index contributed by atoms with van der Waals surface area (Å²) in [5.41, 5.74) is 14.1. The summed E-state index contributed by atoms with van der Waals surface area (Å²) in [6.45, 7) is 8.83. The standard InChI is InChI=1S/C38H29N/c1-4-10-27-19-25(2)35-24-38-36(20-26(35)3)34-17-5-6-18-37(34)39(38)33-16-9-15-32(23-33)31-14-8-13-30(22-31)29-12-7-11-28(27)21-29/h4-24H,2H2,1,3H3/b10-4-,27-19+. The molecule has 0 saturated carbocycles. The lowest BCUT2D eigenvalue weighted by molar-refractivity contribution is 1.18. The number of benzene rings is 5. The third-order valence-corrected chi connectivity index (χ3v) is 7.87. The van der Waals surface area contributed by atoms with E-state index in [9.17, 15) is 0 Å². The van der Waals surface area contributed by atoms with Gasteiger partial charge in [0.1, 0.15) is 0 Å². The fourth-order valence-electron chi connectivity index (χ4n) is 6.00. The van der Waals surface area contributed by atoms with Gasteiger partial charge in [-0.05, 0) is 112 Å². The van der Waals surface area contributed by atoms with Crippen molar-refractivity contribution in [3.8, 4) is 27.9 Å². The van der Waals surface area contributed by atoms with E-state index < -0.39 is 0 Å². The second-order valence-electron chi connectivity index (χ2n) is 10.4. The van der Waals surface area contributed by atoms with E-state index in [1.807, 2.05) is 0 Å². The zero-order chi connectivity index (χ0) is 26.5. The highest BCUT2D eigenvalue weighted by atomic mass is 15.0. The number of allylic oxidation sites excluding steroid dienone is 5. The summed E-state index contributed by atoms with van der Waals surface area (Å²) < 4.78 is 2.40. The van der Waals surface area contributed by atoms with Gasteiger partial charge in [0.25, 0.3) is 0 Å². The van der Waals surface area contributed by atoms with E-state index in [0.717, 1.165) is 22.4 Å². The Hall–Kier alpha value is -4.88. The Balaban J connectivity index is 1.61. The summed E-state index contributed by atoms with van der Waals surface area (Å²) in [5, 5.41) is 2.53. The van der Waals surface area contributed by atoms with Crippen LogP contribution < -0.4 is 0 Å². The molecular formula is C38H29N. The van der Waals surface area contributed by atoms with Crippen molar-refractivity contribution in [1.82, 2.24) is 4.57 Å². The van der Waals surface area contributed by atoms with Crippen LogP contribution in [0.25, 0.3) is 60.9 Å². The topological polar surface area (TPSA) is 4.93 Å². The first-order valence-electron chi connectivity index (χ1n) is 13.5. The third-order valence-electron chi connectivity index (χ3n) is 7.87. The van der Waals surface area contributed by atoms with Crippen molar-refractivity contribution in [2.75, 3.05) is 0 Å². The predicted molar refractivity (Wildman–Crippen MR) is 168 cm³/mol. The molecule has 0 aliphatic carbocycles. The van der Waals surface area contributed by atoms with Gasteiger partial charge in [0.15, 0.2) is 0 Å². The number of hydrogen-bond donors (Lipinski definition) is 0. The first kappa shape index (κ1) is 23.3. The molecule has 1 aromatic heterocycles. The molecule has 1 nitrogen and oxygen atoms in total. The number of nitrogens with zero attached hydrogens (tertiary/aromatic N) is 1. The van der Waals surface area contributed by atoms with Gasteiger partial charge < -0.3 is 4.57 Å². The molecule has 39 heavy (non-hydrogen) atoms. The molecule has 0 N–H and O–H groups in total. The summed E-state index contributed by atoms with van der Waals surface area (Å²) in [5.74, 6) is 0. The first-order valence-corrected chi connectivity index (χ1v) is 13.5. The summed E-state index contributed by atoms with van der Waals surface area (Å²) in [6, 6.07) is 40.0. The average Bonchev–Trinajstić information content (AvgIpc) is 3.29. The van der Waals surface area contributed by atoms with Crippen molar-refractivity contribution in [2.45, 2.75) is 13.8 Å². The van der Waals surface area contributed by atoms with Crippen LogP contribution in [0.15, 0.2) is 134 Å². The van der Waals surface area contributed by atoms with Crippen LogP contribution in [0.3, 0.4) is 0 Å². The van der Waals surface area contributed by atoms with Crippen LogP contribution in [0.4, 0.5) is 0 Å². The maximum atomic E-state index is 4.56. The van der Waals surface area contributed by atoms with Gasteiger partial charge in [-0.1, -0.05) is 85.5 Å². The Labute approximate surface area is 229 Å². The van der Waals surface area contributed by atoms with Crippen LogP contribution >= 0.6 is 0 Å². The highest BCUT2D eigenvalue weighted by Crippen LogP contribution is 2.38. The first-order chi connectivity index (χ1) is 19.1. The molecule has 0 radical (unpaired) electrons. The van der Waals surface area contributed by atoms with Crippen LogP contribution in [-0.4, -0.2) is 4.57 Å². The maximum absolute atomic E-state index is 4.56. The molecule has 0 fully saturated rings. The normalized spacial score (nSPS) is 14.3. The smallest absolute Gasteiger partial charge is 0.0547 e.